The summed E-state index contributed by atoms with van der Waals surface area (Å²) >= 11 is 0. The summed E-state index contributed by atoms with van der Waals surface area (Å²) in [6.45, 7) is 0. The lowest BCUT2D eigenvalue weighted by atomic mass is 10.0. The zero-order valence-corrected chi connectivity index (χ0v) is 8.91. The van der Waals surface area contributed by atoms with Gasteiger partial charge in [0.1, 0.15) is 6.26 Å². The number of rotatable bonds is 4. The van der Waals surface area contributed by atoms with Crippen molar-refractivity contribution in [3.05, 3.63) is 22.6 Å². The Kier molecular flexibility index (Phi) is 3.65. The molecule has 0 unspecified atom stereocenters. The number of alkyl halides is 9. The van der Waals surface area contributed by atoms with Crippen molar-refractivity contribution in [3.63, 3.8) is 0 Å². The summed E-state index contributed by atoms with van der Waals surface area (Å²) in [5.41, 5.74) is 0. The number of hydrogen-bond acceptors (Lipinski definition) is 3. The van der Waals surface area contributed by atoms with Crippen LogP contribution in [0.25, 0.3) is 0 Å². The van der Waals surface area contributed by atoms with Gasteiger partial charge in [-0.3, -0.25) is 0 Å². The summed E-state index contributed by atoms with van der Waals surface area (Å²) < 4.78 is 119. The Labute approximate surface area is 103 Å². The van der Waals surface area contributed by atoms with Crippen LogP contribution in [0.5, 0.6) is 0 Å². The van der Waals surface area contributed by atoms with Gasteiger partial charge in [-0.05, 0) is 0 Å². The maximum atomic E-state index is 13.0. The van der Waals surface area contributed by atoms with Crippen molar-refractivity contribution in [1.82, 2.24) is 0 Å². The van der Waals surface area contributed by atoms with Crippen molar-refractivity contribution in [3.8, 4) is 0 Å². The normalized spacial score (nSPS) is 14.7. The van der Waals surface area contributed by atoms with Gasteiger partial charge in [0, 0.05) is 0 Å². The Balaban J connectivity index is 3.15. The van der Waals surface area contributed by atoms with E-state index in [0.29, 0.717) is 0 Å². The second-order valence-corrected chi connectivity index (χ2v) is 3.58. The molecule has 0 atom stereocenters. The zero-order chi connectivity index (χ0) is 16.0. The van der Waals surface area contributed by atoms with Gasteiger partial charge in [0.2, 0.25) is 0 Å². The monoisotopic (exact) mass is 318 g/mol. The molecule has 0 aliphatic carbocycles. The van der Waals surface area contributed by atoms with Crippen LogP contribution >= 0.6 is 0 Å². The third-order valence-electron chi connectivity index (χ3n) is 2.11. The molecule has 0 aromatic carbocycles. The minimum absolute atomic E-state index is 0.0953. The Hall–Kier alpha value is -1.62. The molecule has 0 saturated carbocycles. The molecule has 3 nitrogen and oxygen atoms in total. The van der Waals surface area contributed by atoms with Gasteiger partial charge in [-0.1, -0.05) is 0 Å². The van der Waals surface area contributed by atoms with Crippen LogP contribution in [0.4, 0.5) is 39.5 Å². The molecule has 0 N–H and O–H groups in total. The lowest BCUT2D eigenvalue weighted by Crippen LogP contribution is -2.61. The summed E-state index contributed by atoms with van der Waals surface area (Å²) in [4.78, 5) is 10.3. The molecule has 116 valence electrons. The maximum absolute atomic E-state index is 13.0. The molecule has 1 aromatic heterocycles. The second-order valence-electron chi connectivity index (χ2n) is 3.58. The summed E-state index contributed by atoms with van der Waals surface area (Å²) in [6.07, 6.45) is -9.17. The highest BCUT2D eigenvalue weighted by Gasteiger charge is 2.81. The molecular weight excluding hydrogens is 315 g/mol. The average molecular weight is 318 g/mol. The average Bonchev–Trinajstić information content (AvgIpc) is 2.60. The molecule has 0 fully saturated rings. The quantitative estimate of drug-likeness (QED) is 0.801. The zero-order valence-electron chi connectivity index (χ0n) is 8.91. The van der Waals surface area contributed by atoms with Crippen LogP contribution in [0.15, 0.2) is 19.9 Å². The van der Waals surface area contributed by atoms with Crippen LogP contribution < -0.4 is 5.82 Å². The largest absolute Gasteiger partial charge is 0.518 e. The van der Waals surface area contributed by atoms with Crippen molar-refractivity contribution in [2.24, 2.45) is 0 Å². The van der Waals surface area contributed by atoms with Gasteiger partial charge in [0.25, 0.3) is 0 Å². The molecule has 0 saturated heterocycles. The second kappa shape index (κ2) is 4.45. The van der Waals surface area contributed by atoms with Crippen LogP contribution in [0.3, 0.4) is 0 Å². The topological polar surface area (TPSA) is 43.4 Å². The first-order chi connectivity index (χ1) is 8.72. The SMILES string of the molecule is O=c1occ(CC(F)(F)C(F)(F)C(F)(F)C(F)(F)F)o1. The Bertz CT molecular complexity index is 524. The highest BCUT2D eigenvalue weighted by Crippen LogP contribution is 2.53. The predicted molar refractivity (Wildman–Crippen MR) is 41.8 cm³/mol. The van der Waals surface area contributed by atoms with E-state index in [1.165, 1.54) is 0 Å². The first-order valence-electron chi connectivity index (χ1n) is 4.50. The molecule has 0 amide bonds. The van der Waals surface area contributed by atoms with Gasteiger partial charge < -0.3 is 8.83 Å². The Morgan fingerprint density at radius 1 is 0.900 bits per heavy atom. The molecule has 1 rings (SSSR count). The molecular formula is C8H3F9O3. The van der Waals surface area contributed by atoms with Crippen LogP contribution in [-0.2, 0) is 6.42 Å². The molecule has 0 radical (unpaired) electrons. The smallest absolute Gasteiger partial charge is 0.399 e. The lowest BCUT2D eigenvalue weighted by molar-refractivity contribution is -0.396. The van der Waals surface area contributed by atoms with E-state index in [-0.39, 0.29) is 6.26 Å². The van der Waals surface area contributed by atoms with E-state index in [0.717, 1.165) is 0 Å². The minimum atomic E-state index is -6.98. The van der Waals surface area contributed by atoms with Gasteiger partial charge in [-0.2, -0.15) is 39.5 Å². The predicted octanol–water partition coefficient (Wildman–Crippen LogP) is 3.24. The number of halogens is 9. The van der Waals surface area contributed by atoms with Crippen LogP contribution in [0.2, 0.25) is 0 Å². The van der Waals surface area contributed by atoms with E-state index in [4.69, 9.17) is 0 Å². The first kappa shape index (κ1) is 16.4. The van der Waals surface area contributed by atoms with Crippen molar-refractivity contribution >= 4 is 0 Å². The molecule has 1 aromatic rings. The molecule has 12 heteroatoms. The van der Waals surface area contributed by atoms with Crippen LogP contribution in [0, 0.1) is 0 Å². The van der Waals surface area contributed by atoms with E-state index in [9.17, 15) is 44.3 Å². The fourth-order valence-corrected chi connectivity index (χ4v) is 1.08. The van der Waals surface area contributed by atoms with E-state index in [1.807, 2.05) is 0 Å². The van der Waals surface area contributed by atoms with Crippen LogP contribution in [-0.4, -0.2) is 23.9 Å². The van der Waals surface area contributed by atoms with Crippen LogP contribution in [0.1, 0.15) is 5.76 Å². The van der Waals surface area contributed by atoms with Crippen molar-refractivity contribution in [2.75, 3.05) is 0 Å². The Morgan fingerprint density at radius 3 is 1.75 bits per heavy atom. The molecule has 0 spiro atoms. The first-order valence-corrected chi connectivity index (χ1v) is 4.50. The van der Waals surface area contributed by atoms with Gasteiger partial charge in [0.05, 0.1) is 6.42 Å². The molecule has 0 aliphatic rings. The fraction of sp³-hybridized carbons (Fsp3) is 0.625. The lowest BCUT2D eigenvalue weighted by Gasteiger charge is -2.33. The minimum Gasteiger partial charge on any atom is -0.399 e. The van der Waals surface area contributed by atoms with E-state index in [1.54, 1.807) is 0 Å². The molecule has 0 aliphatic heterocycles. The van der Waals surface area contributed by atoms with E-state index in [2.05, 4.69) is 8.83 Å². The highest BCUT2D eigenvalue weighted by molar-refractivity contribution is 5.05. The molecule has 0 bridgehead atoms. The summed E-state index contributed by atoms with van der Waals surface area (Å²) in [6, 6.07) is 0. The highest BCUT2D eigenvalue weighted by atomic mass is 19.4. The van der Waals surface area contributed by atoms with Gasteiger partial charge >= 0.3 is 29.8 Å². The third-order valence-corrected chi connectivity index (χ3v) is 2.11. The van der Waals surface area contributed by atoms with Crippen molar-refractivity contribution < 1.29 is 48.3 Å². The Morgan fingerprint density at radius 2 is 1.40 bits per heavy atom. The maximum Gasteiger partial charge on any atom is 0.518 e. The van der Waals surface area contributed by atoms with Gasteiger partial charge in [-0.25, -0.2) is 4.79 Å². The van der Waals surface area contributed by atoms with Gasteiger partial charge in [0.15, 0.2) is 5.76 Å². The van der Waals surface area contributed by atoms with E-state index >= 15 is 0 Å². The van der Waals surface area contributed by atoms with Gasteiger partial charge in [-0.15, -0.1) is 0 Å². The van der Waals surface area contributed by atoms with E-state index < -0.39 is 41.9 Å². The van der Waals surface area contributed by atoms with Crippen molar-refractivity contribution in [1.29, 1.82) is 0 Å². The molecule has 20 heavy (non-hydrogen) atoms. The van der Waals surface area contributed by atoms with Crippen molar-refractivity contribution in [2.45, 2.75) is 30.4 Å². The summed E-state index contributed by atoms with van der Waals surface area (Å²) in [5.74, 6) is -22.5. The summed E-state index contributed by atoms with van der Waals surface area (Å²) in [7, 11) is 0. The molecule has 1 heterocycles. The standard InChI is InChI=1S/C8H3F9O3/c9-5(10,1-3-2-19-4(18)20-3)6(11,12)7(13,14)8(15,16)17/h2H,1H2. The fourth-order valence-electron chi connectivity index (χ4n) is 1.08. The third kappa shape index (κ3) is 2.50. The summed E-state index contributed by atoms with van der Waals surface area (Å²) in [5, 5.41) is 0. The number of hydrogen-bond donors (Lipinski definition) is 0.